The summed E-state index contributed by atoms with van der Waals surface area (Å²) in [6.45, 7) is 8.08. The van der Waals surface area contributed by atoms with E-state index in [9.17, 15) is 4.79 Å². The van der Waals surface area contributed by atoms with E-state index in [0.717, 1.165) is 23.5 Å². The Labute approximate surface area is 99.3 Å². The second-order valence-corrected chi connectivity index (χ2v) is 4.38. The number of aromatic nitrogens is 1. The Morgan fingerprint density at radius 2 is 2.41 bits per heavy atom. The van der Waals surface area contributed by atoms with E-state index in [-0.39, 0.29) is 11.6 Å². The molecule has 0 amide bonds. The first-order valence-corrected chi connectivity index (χ1v) is 5.71. The highest BCUT2D eigenvalue weighted by molar-refractivity contribution is 5.64. The lowest BCUT2D eigenvalue weighted by atomic mass is 10.1. The van der Waals surface area contributed by atoms with Gasteiger partial charge in [-0.25, -0.2) is 0 Å². The molecule has 17 heavy (non-hydrogen) atoms. The van der Waals surface area contributed by atoms with Crippen molar-refractivity contribution >= 4 is 5.70 Å². The third kappa shape index (κ3) is 1.46. The first-order valence-electron chi connectivity index (χ1n) is 5.71. The fourth-order valence-electron chi connectivity index (χ4n) is 2.43. The maximum Gasteiger partial charge on any atom is 0.185 e. The largest absolute Gasteiger partial charge is 0.375 e. The lowest BCUT2D eigenvalue weighted by molar-refractivity contribution is 0.0233. The molecule has 0 aromatic carbocycles. The van der Waals surface area contributed by atoms with Gasteiger partial charge in [-0.2, -0.15) is 0 Å². The Morgan fingerprint density at radius 3 is 3.24 bits per heavy atom. The second kappa shape index (κ2) is 3.63. The average Bonchev–Trinajstić information content (AvgIpc) is 2.34. The van der Waals surface area contributed by atoms with Crippen LogP contribution >= 0.6 is 0 Å². The van der Waals surface area contributed by atoms with Crippen molar-refractivity contribution < 1.29 is 4.74 Å². The van der Waals surface area contributed by atoms with E-state index in [2.05, 4.69) is 16.9 Å². The normalized spacial score (nSPS) is 22.8. The number of hydrogen-bond acceptors (Lipinski definition) is 4. The van der Waals surface area contributed by atoms with Crippen molar-refractivity contribution in [1.82, 2.24) is 9.58 Å². The monoisotopic (exact) mass is 233 g/mol. The predicted molar refractivity (Wildman–Crippen MR) is 65.1 cm³/mol. The Morgan fingerprint density at radius 1 is 1.59 bits per heavy atom. The summed E-state index contributed by atoms with van der Waals surface area (Å²) in [4.78, 5) is 13.8. The van der Waals surface area contributed by atoms with Crippen LogP contribution in [0, 0.1) is 6.92 Å². The standard InChI is InChI=1S/C12H15N3O2/c1-8-10(16)3-4-15-12(8)9(2)14-5-6-17-7-11(14)13-15/h3-4,11,13H,2,5-7H2,1H3/t11-/m0/s1. The van der Waals surface area contributed by atoms with Gasteiger partial charge in [0.25, 0.3) is 0 Å². The third-order valence-corrected chi connectivity index (χ3v) is 3.38. The van der Waals surface area contributed by atoms with Crippen molar-refractivity contribution in [3.63, 3.8) is 0 Å². The molecule has 1 N–H and O–H groups in total. The van der Waals surface area contributed by atoms with Gasteiger partial charge in [0.2, 0.25) is 0 Å². The number of hydrogen-bond donors (Lipinski definition) is 1. The van der Waals surface area contributed by atoms with E-state index >= 15 is 0 Å². The number of nitrogens with one attached hydrogen (secondary N) is 1. The molecular weight excluding hydrogens is 218 g/mol. The van der Waals surface area contributed by atoms with Crippen LogP contribution in [0.4, 0.5) is 0 Å². The number of morpholine rings is 1. The van der Waals surface area contributed by atoms with Gasteiger partial charge in [0.15, 0.2) is 5.43 Å². The highest BCUT2D eigenvalue weighted by atomic mass is 16.5. The lowest BCUT2D eigenvalue weighted by Crippen LogP contribution is -2.55. The number of fused-ring (bicyclic) bond motifs is 2. The molecule has 0 aliphatic carbocycles. The molecule has 2 aliphatic rings. The average molecular weight is 233 g/mol. The fraction of sp³-hybridized carbons (Fsp3) is 0.417. The minimum absolute atomic E-state index is 0.0471. The van der Waals surface area contributed by atoms with E-state index in [1.807, 2.05) is 11.6 Å². The minimum atomic E-state index is 0.0471. The van der Waals surface area contributed by atoms with Crippen molar-refractivity contribution in [3.05, 3.63) is 40.3 Å². The number of nitrogens with zero attached hydrogens (tertiary/aromatic N) is 2. The van der Waals surface area contributed by atoms with E-state index in [4.69, 9.17) is 4.74 Å². The molecule has 2 aliphatic heterocycles. The second-order valence-electron chi connectivity index (χ2n) is 4.38. The van der Waals surface area contributed by atoms with Crippen molar-refractivity contribution in [2.75, 3.05) is 25.2 Å². The number of pyridine rings is 1. The first-order chi connectivity index (χ1) is 8.18. The predicted octanol–water partition coefficient (Wildman–Crippen LogP) is 0.343. The van der Waals surface area contributed by atoms with Gasteiger partial charge in [0, 0.05) is 24.4 Å². The zero-order valence-electron chi connectivity index (χ0n) is 9.77. The molecule has 5 nitrogen and oxygen atoms in total. The molecule has 0 bridgehead atoms. The van der Waals surface area contributed by atoms with Gasteiger partial charge in [0.05, 0.1) is 24.6 Å². The van der Waals surface area contributed by atoms with Crippen LogP contribution in [0.5, 0.6) is 0 Å². The third-order valence-electron chi connectivity index (χ3n) is 3.38. The van der Waals surface area contributed by atoms with Gasteiger partial charge in [-0.05, 0) is 6.92 Å². The Kier molecular flexibility index (Phi) is 2.22. The summed E-state index contributed by atoms with van der Waals surface area (Å²) in [5, 5.41) is 0. The molecule has 0 unspecified atom stereocenters. The van der Waals surface area contributed by atoms with Crippen molar-refractivity contribution in [1.29, 1.82) is 0 Å². The van der Waals surface area contributed by atoms with E-state index < -0.39 is 0 Å². The summed E-state index contributed by atoms with van der Waals surface area (Å²) in [5.41, 5.74) is 5.86. The summed E-state index contributed by atoms with van der Waals surface area (Å²) in [6.07, 6.45) is 1.85. The molecule has 3 rings (SSSR count). The van der Waals surface area contributed by atoms with E-state index in [0.29, 0.717) is 13.2 Å². The smallest absolute Gasteiger partial charge is 0.185 e. The lowest BCUT2D eigenvalue weighted by Gasteiger charge is -2.44. The Balaban J connectivity index is 2.13. The van der Waals surface area contributed by atoms with Crippen LogP contribution in [0.25, 0.3) is 5.70 Å². The zero-order chi connectivity index (χ0) is 12.0. The molecule has 1 aromatic heterocycles. The summed E-state index contributed by atoms with van der Waals surface area (Å²) in [5.74, 6) is 0. The van der Waals surface area contributed by atoms with Crippen LogP contribution in [0.3, 0.4) is 0 Å². The molecular formula is C12H15N3O2. The highest BCUT2D eigenvalue weighted by Crippen LogP contribution is 2.26. The summed E-state index contributed by atoms with van der Waals surface area (Å²) in [6, 6.07) is 1.57. The minimum Gasteiger partial charge on any atom is -0.375 e. The van der Waals surface area contributed by atoms with Crippen molar-refractivity contribution in [2.45, 2.75) is 13.1 Å². The molecule has 1 atom stereocenters. The molecule has 1 saturated heterocycles. The molecule has 1 fully saturated rings. The van der Waals surface area contributed by atoms with Crippen LogP contribution in [0.2, 0.25) is 0 Å². The molecule has 1 aromatic rings. The topological polar surface area (TPSA) is 46.5 Å². The first kappa shape index (κ1) is 10.4. The van der Waals surface area contributed by atoms with Crippen LogP contribution < -0.4 is 10.9 Å². The highest BCUT2D eigenvalue weighted by Gasteiger charge is 2.31. The van der Waals surface area contributed by atoms with Gasteiger partial charge in [-0.3, -0.25) is 9.47 Å². The number of rotatable bonds is 0. The van der Waals surface area contributed by atoms with Gasteiger partial charge >= 0.3 is 0 Å². The fourth-order valence-corrected chi connectivity index (χ4v) is 2.43. The van der Waals surface area contributed by atoms with Crippen molar-refractivity contribution in [2.24, 2.45) is 0 Å². The van der Waals surface area contributed by atoms with E-state index in [1.165, 1.54) is 0 Å². The summed E-state index contributed by atoms with van der Waals surface area (Å²) in [7, 11) is 0. The molecule has 0 radical (unpaired) electrons. The zero-order valence-corrected chi connectivity index (χ0v) is 9.77. The number of ether oxygens (including phenoxy) is 1. The maximum atomic E-state index is 11.7. The van der Waals surface area contributed by atoms with Crippen LogP contribution in [0.1, 0.15) is 11.3 Å². The molecule has 5 heteroatoms. The SMILES string of the molecule is C=C1c2c(C)c(=O)ccn2N[C@@H]2COCCN12. The van der Waals surface area contributed by atoms with Gasteiger partial charge < -0.3 is 15.1 Å². The van der Waals surface area contributed by atoms with Crippen molar-refractivity contribution in [3.8, 4) is 0 Å². The van der Waals surface area contributed by atoms with Gasteiger partial charge in [-0.1, -0.05) is 6.58 Å². The Hall–Kier alpha value is -1.75. The maximum absolute atomic E-state index is 11.7. The molecule has 0 spiro atoms. The van der Waals surface area contributed by atoms with Gasteiger partial charge in [-0.15, -0.1) is 0 Å². The van der Waals surface area contributed by atoms with Crippen LogP contribution in [0.15, 0.2) is 23.6 Å². The van der Waals surface area contributed by atoms with Crippen LogP contribution in [-0.4, -0.2) is 35.5 Å². The molecule has 90 valence electrons. The van der Waals surface area contributed by atoms with Gasteiger partial charge in [0.1, 0.15) is 6.17 Å². The van der Waals surface area contributed by atoms with Crippen LogP contribution in [-0.2, 0) is 4.74 Å². The Bertz CT molecular complexity index is 535. The summed E-state index contributed by atoms with van der Waals surface area (Å²) < 4.78 is 7.31. The quantitative estimate of drug-likeness (QED) is 0.702. The molecule has 3 heterocycles. The summed E-state index contributed by atoms with van der Waals surface area (Å²) >= 11 is 0. The van der Waals surface area contributed by atoms with E-state index in [1.54, 1.807) is 12.3 Å². The molecule has 0 saturated carbocycles.